The molecule has 0 bridgehead atoms. The first-order chi connectivity index (χ1) is 5.16. The summed E-state index contributed by atoms with van der Waals surface area (Å²) < 4.78 is 0. The number of nitrogens with one attached hydrogen (secondary N) is 1. The summed E-state index contributed by atoms with van der Waals surface area (Å²) in [7, 11) is 0. The Bertz CT molecular complexity index is 223. The maximum absolute atomic E-state index is 8.91. The van der Waals surface area contributed by atoms with Gasteiger partial charge in [0.25, 0.3) is 0 Å². The number of hydrogen-bond acceptors (Lipinski definition) is 2. The molecular formula is C8H14N2O. The number of rotatable bonds is 2. The van der Waals surface area contributed by atoms with Crippen molar-refractivity contribution >= 4 is 0 Å². The van der Waals surface area contributed by atoms with Gasteiger partial charge in [0.15, 0.2) is 0 Å². The molecule has 0 aromatic carbocycles. The van der Waals surface area contributed by atoms with Gasteiger partial charge >= 0.3 is 0 Å². The molecule has 0 fully saturated rings. The second kappa shape index (κ2) is 3.05. The molecule has 1 atom stereocenters. The van der Waals surface area contributed by atoms with Gasteiger partial charge in [-0.25, -0.2) is 0 Å². The monoisotopic (exact) mass is 154 g/mol. The third-order valence-electron chi connectivity index (χ3n) is 1.95. The molecule has 0 aliphatic rings. The molecule has 3 heteroatoms. The van der Waals surface area contributed by atoms with Crippen molar-refractivity contribution in [1.29, 1.82) is 0 Å². The first-order valence-electron chi connectivity index (χ1n) is 3.79. The van der Waals surface area contributed by atoms with E-state index in [1.54, 1.807) is 0 Å². The number of aryl methyl sites for hydroxylation is 2. The quantitative estimate of drug-likeness (QED) is 0.670. The number of aromatic nitrogens is 2. The molecule has 0 saturated carbocycles. The van der Waals surface area contributed by atoms with E-state index in [4.69, 9.17) is 5.11 Å². The Morgan fingerprint density at radius 2 is 2.18 bits per heavy atom. The van der Waals surface area contributed by atoms with Crippen LogP contribution < -0.4 is 0 Å². The minimum absolute atomic E-state index is 0.182. The second-order valence-electron chi connectivity index (χ2n) is 2.93. The first kappa shape index (κ1) is 8.27. The molecule has 1 aromatic heterocycles. The van der Waals surface area contributed by atoms with Crippen LogP contribution in [0, 0.1) is 13.8 Å². The van der Waals surface area contributed by atoms with Gasteiger partial charge in [-0.05, 0) is 13.8 Å². The van der Waals surface area contributed by atoms with E-state index in [0.717, 1.165) is 17.0 Å². The van der Waals surface area contributed by atoms with Crippen molar-refractivity contribution in [3.63, 3.8) is 0 Å². The van der Waals surface area contributed by atoms with Gasteiger partial charge in [0.05, 0.1) is 5.69 Å². The predicted octanol–water partition coefficient (Wildman–Crippen LogP) is 1.12. The van der Waals surface area contributed by atoms with Crippen molar-refractivity contribution in [2.45, 2.75) is 26.7 Å². The van der Waals surface area contributed by atoms with Crippen molar-refractivity contribution in [3.05, 3.63) is 17.0 Å². The SMILES string of the molecule is Cc1n[nH]c(C)c1C(C)CO. The maximum atomic E-state index is 8.91. The average molecular weight is 154 g/mol. The lowest BCUT2D eigenvalue weighted by atomic mass is 10.0. The summed E-state index contributed by atoms with van der Waals surface area (Å²) in [6, 6.07) is 0. The Kier molecular flexibility index (Phi) is 2.29. The van der Waals surface area contributed by atoms with Crippen LogP contribution >= 0.6 is 0 Å². The van der Waals surface area contributed by atoms with Crippen LogP contribution in [0.5, 0.6) is 0 Å². The number of H-pyrrole nitrogens is 1. The van der Waals surface area contributed by atoms with E-state index in [9.17, 15) is 0 Å². The van der Waals surface area contributed by atoms with Crippen molar-refractivity contribution in [1.82, 2.24) is 10.2 Å². The molecule has 0 aliphatic carbocycles. The number of aliphatic hydroxyl groups is 1. The van der Waals surface area contributed by atoms with Gasteiger partial charge in [0, 0.05) is 23.8 Å². The molecule has 0 spiro atoms. The smallest absolute Gasteiger partial charge is 0.0629 e. The average Bonchev–Trinajstić information content (AvgIpc) is 2.30. The highest BCUT2D eigenvalue weighted by atomic mass is 16.3. The van der Waals surface area contributed by atoms with E-state index < -0.39 is 0 Å². The predicted molar refractivity (Wildman–Crippen MR) is 43.6 cm³/mol. The molecule has 1 aromatic rings. The summed E-state index contributed by atoms with van der Waals surface area (Å²) >= 11 is 0. The third kappa shape index (κ3) is 1.43. The Hall–Kier alpha value is -0.830. The number of aliphatic hydroxyl groups excluding tert-OH is 1. The number of hydrogen-bond donors (Lipinski definition) is 2. The van der Waals surface area contributed by atoms with Crippen molar-refractivity contribution in [2.24, 2.45) is 0 Å². The Labute approximate surface area is 66.4 Å². The normalized spacial score (nSPS) is 13.5. The standard InChI is InChI=1S/C8H14N2O/c1-5(4-11)8-6(2)9-10-7(8)3/h5,11H,4H2,1-3H3,(H,9,10). The van der Waals surface area contributed by atoms with Gasteiger partial charge in [-0.3, -0.25) is 5.10 Å². The zero-order valence-electron chi connectivity index (χ0n) is 7.18. The van der Waals surface area contributed by atoms with Crippen LogP contribution in [0.2, 0.25) is 0 Å². The summed E-state index contributed by atoms with van der Waals surface area (Å²) in [5.74, 6) is 0.189. The third-order valence-corrected chi connectivity index (χ3v) is 1.95. The minimum atomic E-state index is 0.182. The van der Waals surface area contributed by atoms with Crippen molar-refractivity contribution in [3.8, 4) is 0 Å². The first-order valence-corrected chi connectivity index (χ1v) is 3.79. The van der Waals surface area contributed by atoms with Crippen LogP contribution in [0.4, 0.5) is 0 Å². The molecule has 1 rings (SSSR count). The lowest BCUT2D eigenvalue weighted by molar-refractivity contribution is 0.272. The van der Waals surface area contributed by atoms with Gasteiger partial charge in [0.1, 0.15) is 0 Å². The van der Waals surface area contributed by atoms with Gasteiger partial charge in [-0.15, -0.1) is 0 Å². The van der Waals surface area contributed by atoms with Crippen molar-refractivity contribution in [2.75, 3.05) is 6.61 Å². The van der Waals surface area contributed by atoms with E-state index in [2.05, 4.69) is 10.2 Å². The summed E-state index contributed by atoms with van der Waals surface area (Å²) in [5.41, 5.74) is 3.20. The lowest BCUT2D eigenvalue weighted by Crippen LogP contribution is -2.01. The zero-order valence-corrected chi connectivity index (χ0v) is 7.18. The second-order valence-corrected chi connectivity index (χ2v) is 2.93. The Morgan fingerprint density at radius 1 is 1.55 bits per heavy atom. The molecule has 3 nitrogen and oxygen atoms in total. The highest BCUT2D eigenvalue weighted by Crippen LogP contribution is 2.19. The van der Waals surface area contributed by atoms with E-state index in [0.29, 0.717) is 0 Å². The summed E-state index contributed by atoms with van der Waals surface area (Å²) in [6.45, 7) is 6.10. The summed E-state index contributed by atoms with van der Waals surface area (Å²) in [4.78, 5) is 0. The van der Waals surface area contributed by atoms with E-state index in [1.165, 1.54) is 0 Å². The fourth-order valence-corrected chi connectivity index (χ4v) is 1.38. The number of aromatic amines is 1. The summed E-state index contributed by atoms with van der Waals surface area (Å²) in [5, 5.41) is 15.9. The Morgan fingerprint density at radius 3 is 2.55 bits per heavy atom. The topological polar surface area (TPSA) is 48.9 Å². The van der Waals surface area contributed by atoms with Crippen molar-refractivity contribution < 1.29 is 5.11 Å². The van der Waals surface area contributed by atoms with Crippen LogP contribution in [0.15, 0.2) is 0 Å². The maximum Gasteiger partial charge on any atom is 0.0629 e. The highest BCUT2D eigenvalue weighted by Gasteiger charge is 2.12. The van der Waals surface area contributed by atoms with Crippen LogP contribution in [-0.2, 0) is 0 Å². The van der Waals surface area contributed by atoms with E-state index in [1.807, 2.05) is 20.8 Å². The van der Waals surface area contributed by atoms with Crippen LogP contribution in [-0.4, -0.2) is 21.9 Å². The van der Waals surface area contributed by atoms with Crippen LogP contribution in [0.1, 0.15) is 29.8 Å². The molecule has 1 heterocycles. The zero-order chi connectivity index (χ0) is 8.43. The molecule has 1 unspecified atom stereocenters. The molecule has 2 N–H and O–H groups in total. The molecule has 11 heavy (non-hydrogen) atoms. The highest BCUT2D eigenvalue weighted by molar-refractivity contribution is 5.26. The molecule has 0 amide bonds. The van der Waals surface area contributed by atoms with Gasteiger partial charge in [0.2, 0.25) is 0 Å². The van der Waals surface area contributed by atoms with E-state index in [-0.39, 0.29) is 12.5 Å². The number of nitrogens with zero attached hydrogens (tertiary/aromatic N) is 1. The van der Waals surface area contributed by atoms with Gasteiger partial charge < -0.3 is 5.11 Å². The summed E-state index contributed by atoms with van der Waals surface area (Å²) in [6.07, 6.45) is 0. The largest absolute Gasteiger partial charge is 0.396 e. The minimum Gasteiger partial charge on any atom is -0.396 e. The molecule has 62 valence electrons. The lowest BCUT2D eigenvalue weighted by Gasteiger charge is -2.06. The van der Waals surface area contributed by atoms with E-state index >= 15 is 0 Å². The van der Waals surface area contributed by atoms with Gasteiger partial charge in [-0.1, -0.05) is 6.92 Å². The fraction of sp³-hybridized carbons (Fsp3) is 0.625. The molecule has 0 aliphatic heterocycles. The van der Waals surface area contributed by atoms with Crippen LogP contribution in [0.3, 0.4) is 0 Å². The molecule has 0 saturated heterocycles. The molecular weight excluding hydrogens is 140 g/mol. The molecule has 0 radical (unpaired) electrons. The fourth-order valence-electron chi connectivity index (χ4n) is 1.38. The van der Waals surface area contributed by atoms with Crippen LogP contribution in [0.25, 0.3) is 0 Å². The van der Waals surface area contributed by atoms with Gasteiger partial charge in [-0.2, -0.15) is 5.10 Å². The Balaban J connectivity index is 3.00.